The topological polar surface area (TPSA) is 62.2 Å². The molecule has 1 amide bonds. The summed E-state index contributed by atoms with van der Waals surface area (Å²) < 4.78 is 12.7. The molecule has 218 valence electrons. The number of aliphatic hydroxyl groups is 1. The van der Waals surface area contributed by atoms with Gasteiger partial charge in [0.15, 0.2) is 11.5 Å². The van der Waals surface area contributed by atoms with Crippen LogP contribution in [-0.2, 0) is 23.1 Å². The number of nitrogens with zero attached hydrogens (tertiary/aromatic N) is 2. The minimum Gasteiger partial charge on any atom is -0.493 e. The molecule has 7 rings (SSSR count). The van der Waals surface area contributed by atoms with Gasteiger partial charge in [0.25, 0.3) is 0 Å². The second-order valence-corrected chi connectivity index (χ2v) is 12.6. The van der Waals surface area contributed by atoms with Crippen LogP contribution in [0.1, 0.15) is 47.1 Å². The molecule has 0 radical (unpaired) electrons. The van der Waals surface area contributed by atoms with E-state index >= 15 is 0 Å². The molecule has 2 aliphatic carbocycles. The largest absolute Gasteiger partial charge is 0.493 e. The van der Waals surface area contributed by atoms with E-state index in [1.807, 2.05) is 36.2 Å². The van der Waals surface area contributed by atoms with Crippen LogP contribution in [0.2, 0.25) is 0 Å². The molecule has 42 heavy (non-hydrogen) atoms. The SMILES string of the molecule is COc1ccc2c3c1O[C@H]1[C@@H](N(C)C(=O)C=Cc4cccc(C)c4)CC[C@@]4(O)[C@@H](C2)N(CCc2ccccc2)CC[C@]314. The van der Waals surface area contributed by atoms with Crippen LogP contribution in [0.3, 0.4) is 0 Å². The lowest BCUT2D eigenvalue weighted by atomic mass is 9.48. The minimum absolute atomic E-state index is 0.00363. The third-order valence-corrected chi connectivity index (χ3v) is 10.6. The number of hydrogen-bond donors (Lipinski definition) is 1. The highest BCUT2D eigenvalue weighted by atomic mass is 16.5. The maximum Gasteiger partial charge on any atom is 0.246 e. The maximum atomic E-state index is 13.6. The van der Waals surface area contributed by atoms with Gasteiger partial charge in [0.05, 0.1) is 24.2 Å². The first-order valence-electron chi connectivity index (χ1n) is 15.2. The number of amides is 1. The summed E-state index contributed by atoms with van der Waals surface area (Å²) in [7, 11) is 3.56. The highest BCUT2D eigenvalue weighted by molar-refractivity contribution is 5.92. The Hall–Kier alpha value is -3.61. The molecule has 2 heterocycles. The third kappa shape index (κ3) is 4.03. The van der Waals surface area contributed by atoms with Gasteiger partial charge in [-0.05, 0) is 74.4 Å². The predicted octanol–water partition coefficient (Wildman–Crippen LogP) is 4.94. The van der Waals surface area contributed by atoms with E-state index in [1.54, 1.807) is 13.2 Å². The summed E-state index contributed by atoms with van der Waals surface area (Å²) in [5, 5.41) is 12.9. The Bertz CT molecular complexity index is 1540. The van der Waals surface area contributed by atoms with E-state index in [4.69, 9.17) is 9.47 Å². The van der Waals surface area contributed by atoms with Gasteiger partial charge in [-0.1, -0.05) is 66.2 Å². The molecule has 1 saturated carbocycles. The molecule has 6 heteroatoms. The Kier molecular flexibility index (Phi) is 6.67. The number of piperidine rings is 1. The molecule has 1 N–H and O–H groups in total. The van der Waals surface area contributed by atoms with Crippen molar-refractivity contribution >= 4 is 12.0 Å². The van der Waals surface area contributed by atoms with Crippen LogP contribution in [0.5, 0.6) is 11.5 Å². The predicted molar refractivity (Wildman–Crippen MR) is 164 cm³/mol. The smallest absolute Gasteiger partial charge is 0.246 e. The Balaban J connectivity index is 1.23. The number of likely N-dealkylation sites (tertiary alicyclic amines) is 1. The number of benzene rings is 3. The zero-order chi connectivity index (χ0) is 29.1. The molecule has 4 aliphatic rings. The van der Waals surface area contributed by atoms with Crippen LogP contribution in [0.4, 0.5) is 0 Å². The fourth-order valence-electron chi connectivity index (χ4n) is 8.56. The van der Waals surface area contributed by atoms with Gasteiger partial charge in [0.1, 0.15) is 6.10 Å². The summed E-state index contributed by atoms with van der Waals surface area (Å²) in [5.41, 5.74) is 4.30. The third-order valence-electron chi connectivity index (χ3n) is 10.6. The second kappa shape index (κ2) is 10.3. The molecule has 1 spiro atoms. The first-order valence-corrected chi connectivity index (χ1v) is 15.2. The van der Waals surface area contributed by atoms with Crippen LogP contribution >= 0.6 is 0 Å². The van der Waals surface area contributed by atoms with Gasteiger partial charge in [-0.3, -0.25) is 9.69 Å². The number of rotatable bonds is 7. The summed E-state index contributed by atoms with van der Waals surface area (Å²) in [6.07, 6.45) is 7.03. The fraction of sp³-hybridized carbons (Fsp3) is 0.417. The van der Waals surface area contributed by atoms with Gasteiger partial charge in [-0.2, -0.15) is 0 Å². The van der Waals surface area contributed by atoms with E-state index in [-0.39, 0.29) is 24.1 Å². The number of carbonyl (C=O) groups is 1. The van der Waals surface area contributed by atoms with E-state index in [2.05, 4.69) is 60.4 Å². The Labute approximate surface area is 248 Å². The van der Waals surface area contributed by atoms with Crippen LogP contribution in [0, 0.1) is 6.92 Å². The molecule has 2 fully saturated rings. The Morgan fingerprint density at radius 3 is 2.76 bits per heavy atom. The maximum absolute atomic E-state index is 13.6. The summed E-state index contributed by atoms with van der Waals surface area (Å²) in [6, 6.07) is 22.7. The van der Waals surface area contributed by atoms with Crippen molar-refractivity contribution in [2.24, 2.45) is 0 Å². The molecular weight excluding hydrogens is 524 g/mol. The first-order chi connectivity index (χ1) is 20.4. The number of aryl methyl sites for hydroxylation is 1. The zero-order valence-corrected chi connectivity index (χ0v) is 24.8. The monoisotopic (exact) mass is 564 g/mol. The second-order valence-electron chi connectivity index (χ2n) is 12.6. The van der Waals surface area contributed by atoms with Crippen molar-refractivity contribution in [3.8, 4) is 11.5 Å². The van der Waals surface area contributed by atoms with E-state index < -0.39 is 11.0 Å². The van der Waals surface area contributed by atoms with E-state index in [0.717, 1.165) is 54.8 Å². The molecule has 2 bridgehead atoms. The van der Waals surface area contributed by atoms with Crippen molar-refractivity contribution in [1.29, 1.82) is 0 Å². The van der Waals surface area contributed by atoms with Crippen molar-refractivity contribution in [3.05, 3.63) is 101 Å². The fourth-order valence-corrected chi connectivity index (χ4v) is 8.56. The standard InChI is InChI=1S/C36H40N2O4/c1-24-8-7-11-26(22-24)12-15-31(39)37(2)28-16-18-36(40)30-23-27-13-14-29(41-3)33-32(27)35(36,34(28)42-33)19-21-38(30)20-17-25-9-5-4-6-10-25/h4-15,22,28,30,34,40H,16-21,23H2,1-3H3/t28-,30+,34-,35-,36+/m0/s1. The van der Waals surface area contributed by atoms with Crippen LogP contribution in [0.15, 0.2) is 72.8 Å². The zero-order valence-electron chi connectivity index (χ0n) is 24.8. The normalized spacial score (nSPS) is 29.2. The Morgan fingerprint density at radius 2 is 1.98 bits per heavy atom. The lowest BCUT2D eigenvalue weighted by Crippen LogP contribution is -2.78. The first kappa shape index (κ1) is 27.2. The summed E-state index contributed by atoms with van der Waals surface area (Å²) in [4.78, 5) is 17.9. The van der Waals surface area contributed by atoms with Crippen molar-refractivity contribution in [2.45, 2.75) is 68.2 Å². The molecule has 5 atom stereocenters. The highest BCUT2D eigenvalue weighted by Crippen LogP contribution is 2.65. The molecule has 3 aromatic rings. The lowest BCUT2D eigenvalue weighted by Gasteiger charge is -2.64. The van der Waals surface area contributed by atoms with Gasteiger partial charge in [-0.25, -0.2) is 0 Å². The highest BCUT2D eigenvalue weighted by Gasteiger charge is 2.73. The van der Waals surface area contributed by atoms with Crippen molar-refractivity contribution in [3.63, 3.8) is 0 Å². The van der Waals surface area contributed by atoms with E-state index in [1.165, 1.54) is 11.1 Å². The molecule has 0 unspecified atom stereocenters. The number of hydrogen-bond acceptors (Lipinski definition) is 5. The summed E-state index contributed by atoms with van der Waals surface area (Å²) in [6.45, 7) is 3.84. The van der Waals surface area contributed by atoms with Gasteiger partial charge in [-0.15, -0.1) is 0 Å². The van der Waals surface area contributed by atoms with Gasteiger partial charge in [0, 0.05) is 31.3 Å². The Morgan fingerprint density at radius 1 is 1.14 bits per heavy atom. The molecule has 0 aromatic heterocycles. The van der Waals surface area contributed by atoms with Crippen molar-refractivity contribution in [2.75, 3.05) is 27.2 Å². The molecule has 6 nitrogen and oxygen atoms in total. The average molecular weight is 565 g/mol. The van der Waals surface area contributed by atoms with E-state index in [9.17, 15) is 9.90 Å². The molecule has 1 saturated heterocycles. The number of carbonyl (C=O) groups excluding carboxylic acids is 1. The molecule has 3 aromatic carbocycles. The van der Waals surface area contributed by atoms with Crippen LogP contribution in [0.25, 0.3) is 6.08 Å². The van der Waals surface area contributed by atoms with Gasteiger partial charge >= 0.3 is 0 Å². The summed E-state index contributed by atoms with van der Waals surface area (Å²) in [5.74, 6) is 1.41. The average Bonchev–Trinajstić information content (AvgIpc) is 3.35. The van der Waals surface area contributed by atoms with Crippen molar-refractivity contribution in [1.82, 2.24) is 9.80 Å². The quantitative estimate of drug-likeness (QED) is 0.412. The lowest BCUT2D eigenvalue weighted by molar-refractivity contribution is -0.199. The van der Waals surface area contributed by atoms with Gasteiger partial charge < -0.3 is 19.5 Å². The molecule has 2 aliphatic heterocycles. The van der Waals surface area contributed by atoms with Crippen LogP contribution < -0.4 is 9.47 Å². The minimum atomic E-state index is -0.949. The van der Waals surface area contributed by atoms with Gasteiger partial charge in [0.2, 0.25) is 5.91 Å². The number of ether oxygens (including phenoxy) is 2. The summed E-state index contributed by atoms with van der Waals surface area (Å²) >= 11 is 0. The van der Waals surface area contributed by atoms with E-state index in [0.29, 0.717) is 18.6 Å². The molecular formula is C36H40N2O4. The van der Waals surface area contributed by atoms with Crippen molar-refractivity contribution < 1.29 is 19.4 Å². The number of methoxy groups -OCH3 is 1. The number of likely N-dealkylation sites (N-methyl/N-ethyl adjacent to an activating group) is 1. The van der Waals surface area contributed by atoms with Crippen LogP contribution in [-0.4, -0.2) is 71.8 Å².